The summed E-state index contributed by atoms with van der Waals surface area (Å²) in [7, 11) is 0. The molecule has 2 nitrogen and oxygen atoms in total. The van der Waals surface area contributed by atoms with Crippen molar-refractivity contribution < 1.29 is 9.53 Å². The van der Waals surface area contributed by atoms with E-state index in [4.69, 9.17) is 4.74 Å². The molecule has 0 N–H and O–H groups in total. The van der Waals surface area contributed by atoms with Gasteiger partial charge >= 0.3 is 5.97 Å². The quantitative estimate of drug-likeness (QED) is 0.582. The third kappa shape index (κ3) is 1.47. The molecule has 2 unspecified atom stereocenters. The van der Waals surface area contributed by atoms with E-state index in [0.29, 0.717) is 13.0 Å². The highest BCUT2D eigenvalue weighted by atomic mass is 16.5. The van der Waals surface area contributed by atoms with Gasteiger partial charge in [-0.25, -0.2) is 0 Å². The lowest BCUT2D eigenvalue weighted by atomic mass is 9.65. The van der Waals surface area contributed by atoms with Crippen LogP contribution in [0, 0.1) is 11.3 Å². The van der Waals surface area contributed by atoms with E-state index in [1.807, 2.05) is 0 Å². The van der Waals surface area contributed by atoms with Gasteiger partial charge in [-0.2, -0.15) is 0 Å². The van der Waals surface area contributed by atoms with Crippen LogP contribution in [0.1, 0.15) is 45.4 Å². The Labute approximate surface area is 79.7 Å². The molecule has 0 aromatic carbocycles. The van der Waals surface area contributed by atoms with Crippen molar-refractivity contribution in [3.05, 3.63) is 0 Å². The Morgan fingerprint density at radius 2 is 2.38 bits per heavy atom. The molecule has 0 radical (unpaired) electrons. The maximum atomic E-state index is 11.2. The van der Waals surface area contributed by atoms with E-state index >= 15 is 0 Å². The summed E-state index contributed by atoms with van der Waals surface area (Å²) in [6.07, 6.45) is 7.02. The lowest BCUT2D eigenvalue weighted by Crippen LogP contribution is -2.34. The summed E-state index contributed by atoms with van der Waals surface area (Å²) in [5.74, 6) is 0.757. The van der Waals surface area contributed by atoms with E-state index in [1.165, 1.54) is 32.1 Å². The van der Waals surface area contributed by atoms with E-state index in [2.05, 4.69) is 6.92 Å². The lowest BCUT2D eigenvalue weighted by Gasteiger charge is -2.38. The van der Waals surface area contributed by atoms with E-state index in [9.17, 15) is 4.79 Å². The van der Waals surface area contributed by atoms with Crippen LogP contribution in [0.4, 0.5) is 0 Å². The number of ether oxygens (including phenoxy) is 1. The van der Waals surface area contributed by atoms with Crippen molar-refractivity contribution >= 4 is 5.97 Å². The number of carbonyl (C=O) groups excluding carboxylic acids is 1. The van der Waals surface area contributed by atoms with Crippen LogP contribution in [0.3, 0.4) is 0 Å². The minimum Gasteiger partial charge on any atom is -0.465 e. The molecular formula is C11H18O2. The van der Waals surface area contributed by atoms with Crippen molar-refractivity contribution in [1.82, 2.24) is 0 Å². The highest BCUT2D eigenvalue weighted by Crippen LogP contribution is 2.48. The molecular weight excluding hydrogens is 164 g/mol. The van der Waals surface area contributed by atoms with Crippen LogP contribution >= 0.6 is 0 Å². The second-order valence-corrected chi connectivity index (χ2v) is 4.55. The van der Waals surface area contributed by atoms with Crippen molar-refractivity contribution in [2.75, 3.05) is 6.61 Å². The second kappa shape index (κ2) is 3.32. The van der Waals surface area contributed by atoms with Crippen LogP contribution in [-0.2, 0) is 9.53 Å². The van der Waals surface area contributed by atoms with Crippen molar-refractivity contribution in [1.29, 1.82) is 0 Å². The zero-order valence-corrected chi connectivity index (χ0v) is 8.34. The van der Waals surface area contributed by atoms with Crippen LogP contribution in [0.2, 0.25) is 0 Å². The number of hydrogen-bond donors (Lipinski definition) is 0. The second-order valence-electron chi connectivity index (χ2n) is 4.55. The molecule has 13 heavy (non-hydrogen) atoms. The monoisotopic (exact) mass is 182 g/mol. The number of esters is 1. The fraction of sp³-hybridized carbons (Fsp3) is 0.909. The molecule has 2 atom stereocenters. The van der Waals surface area contributed by atoms with Gasteiger partial charge in [0.25, 0.3) is 0 Å². The molecule has 1 heterocycles. The molecule has 2 fully saturated rings. The molecule has 2 heteroatoms. The average Bonchev–Trinajstić information content (AvgIpc) is 2.49. The van der Waals surface area contributed by atoms with Crippen molar-refractivity contribution in [2.24, 2.45) is 11.3 Å². The van der Waals surface area contributed by atoms with E-state index < -0.39 is 0 Å². The van der Waals surface area contributed by atoms with Crippen LogP contribution in [0.5, 0.6) is 0 Å². The Morgan fingerprint density at radius 1 is 1.54 bits per heavy atom. The minimum absolute atomic E-state index is 0.0281. The van der Waals surface area contributed by atoms with E-state index in [-0.39, 0.29) is 11.4 Å². The van der Waals surface area contributed by atoms with E-state index in [0.717, 1.165) is 5.92 Å². The molecule has 1 saturated heterocycles. The summed E-state index contributed by atoms with van der Waals surface area (Å²) >= 11 is 0. The molecule has 1 aliphatic heterocycles. The molecule has 0 bridgehead atoms. The largest absolute Gasteiger partial charge is 0.465 e. The van der Waals surface area contributed by atoms with Gasteiger partial charge in [0, 0.05) is 5.41 Å². The van der Waals surface area contributed by atoms with Crippen molar-refractivity contribution in [3.8, 4) is 0 Å². The molecule has 74 valence electrons. The zero-order valence-electron chi connectivity index (χ0n) is 8.34. The maximum absolute atomic E-state index is 11.2. The Morgan fingerprint density at radius 3 is 3.00 bits per heavy atom. The molecule has 1 saturated carbocycles. The lowest BCUT2D eigenvalue weighted by molar-refractivity contribution is -0.137. The van der Waals surface area contributed by atoms with Crippen LogP contribution in [0.25, 0.3) is 0 Å². The predicted molar refractivity (Wildman–Crippen MR) is 50.3 cm³/mol. The number of cyclic esters (lactones) is 1. The fourth-order valence-corrected chi connectivity index (χ4v) is 3.05. The first-order chi connectivity index (χ1) is 6.27. The highest BCUT2D eigenvalue weighted by Gasteiger charge is 2.46. The molecule has 0 aromatic heterocycles. The molecule has 1 aliphatic carbocycles. The topological polar surface area (TPSA) is 26.3 Å². The number of carbonyl (C=O) groups is 1. The van der Waals surface area contributed by atoms with Gasteiger partial charge in [-0.15, -0.1) is 0 Å². The Balaban J connectivity index is 2.13. The molecule has 0 aromatic rings. The average molecular weight is 182 g/mol. The Bertz CT molecular complexity index is 212. The maximum Gasteiger partial charge on any atom is 0.306 e. The number of rotatable bonds is 1. The normalized spacial score (nSPS) is 39.5. The van der Waals surface area contributed by atoms with Crippen LogP contribution in [0.15, 0.2) is 0 Å². The first kappa shape index (κ1) is 9.04. The first-order valence-corrected chi connectivity index (χ1v) is 5.42. The Kier molecular flexibility index (Phi) is 2.31. The van der Waals surface area contributed by atoms with Gasteiger partial charge < -0.3 is 4.74 Å². The molecule has 0 amide bonds. The van der Waals surface area contributed by atoms with Gasteiger partial charge in [0.05, 0.1) is 13.0 Å². The van der Waals surface area contributed by atoms with E-state index in [1.54, 1.807) is 0 Å². The van der Waals surface area contributed by atoms with Gasteiger partial charge in [-0.3, -0.25) is 4.79 Å². The fourth-order valence-electron chi connectivity index (χ4n) is 3.05. The summed E-state index contributed by atoms with van der Waals surface area (Å²) < 4.78 is 5.14. The first-order valence-electron chi connectivity index (χ1n) is 5.42. The highest BCUT2D eigenvalue weighted by molar-refractivity contribution is 5.72. The Hall–Kier alpha value is -0.530. The van der Waals surface area contributed by atoms with Crippen LogP contribution < -0.4 is 0 Å². The molecule has 2 rings (SSSR count). The summed E-state index contributed by atoms with van der Waals surface area (Å²) in [5.41, 5.74) is 0.240. The van der Waals surface area contributed by atoms with Gasteiger partial charge in [-0.05, 0) is 18.8 Å². The summed E-state index contributed by atoms with van der Waals surface area (Å²) in [6.45, 7) is 2.94. The summed E-state index contributed by atoms with van der Waals surface area (Å²) in [4.78, 5) is 11.2. The summed E-state index contributed by atoms with van der Waals surface area (Å²) in [5, 5.41) is 0. The van der Waals surface area contributed by atoms with Gasteiger partial charge in [0.15, 0.2) is 0 Å². The summed E-state index contributed by atoms with van der Waals surface area (Å²) in [6, 6.07) is 0. The van der Waals surface area contributed by atoms with Gasteiger partial charge in [0.1, 0.15) is 0 Å². The van der Waals surface area contributed by atoms with Crippen LogP contribution in [-0.4, -0.2) is 12.6 Å². The van der Waals surface area contributed by atoms with Gasteiger partial charge in [0.2, 0.25) is 0 Å². The standard InChI is InChI=1S/C11H18O2/c1-2-9-5-3-4-6-11(9)7-10(12)13-8-11/h9H,2-8H2,1H3. The number of hydrogen-bond acceptors (Lipinski definition) is 2. The smallest absolute Gasteiger partial charge is 0.306 e. The predicted octanol–water partition coefficient (Wildman–Crippen LogP) is 2.52. The SMILES string of the molecule is CCC1CCCCC12COC(=O)C2. The molecule has 1 spiro atoms. The zero-order chi connectivity index (χ0) is 9.31. The van der Waals surface area contributed by atoms with Crippen molar-refractivity contribution in [3.63, 3.8) is 0 Å². The third-order valence-corrected chi connectivity index (χ3v) is 3.85. The van der Waals surface area contributed by atoms with Crippen molar-refractivity contribution in [2.45, 2.75) is 45.4 Å². The minimum atomic E-state index is 0.0281. The van der Waals surface area contributed by atoms with Gasteiger partial charge in [-0.1, -0.05) is 26.2 Å². The third-order valence-electron chi connectivity index (χ3n) is 3.85. The molecule has 2 aliphatic rings.